The number of rotatable bonds is 4. The van der Waals surface area contributed by atoms with Crippen LogP contribution in [0, 0.1) is 5.92 Å². The van der Waals surface area contributed by atoms with Gasteiger partial charge in [-0.1, -0.05) is 24.3 Å². The van der Waals surface area contributed by atoms with Crippen LogP contribution in [-0.4, -0.2) is 44.1 Å². The molecule has 1 fully saturated rings. The highest BCUT2D eigenvalue weighted by Gasteiger charge is 2.29. The minimum atomic E-state index is -0.0641. The van der Waals surface area contributed by atoms with Crippen LogP contribution in [0.15, 0.2) is 24.3 Å². The Bertz CT molecular complexity index is 503. The summed E-state index contributed by atoms with van der Waals surface area (Å²) in [5.41, 5.74) is 2.53. The van der Waals surface area contributed by atoms with Crippen LogP contribution in [0.1, 0.15) is 30.1 Å². The summed E-state index contributed by atoms with van der Waals surface area (Å²) in [6.07, 6.45) is 2.47. The Labute approximate surface area is 126 Å². The molecule has 2 aliphatic rings. The summed E-state index contributed by atoms with van der Waals surface area (Å²) in [5, 5.41) is 3.20. The molecule has 2 aliphatic heterocycles. The van der Waals surface area contributed by atoms with E-state index in [9.17, 15) is 4.79 Å². The number of carbonyl (C=O) groups excluding carboxylic acids is 1. The number of fused-ring (bicyclic) bond motifs is 1. The van der Waals surface area contributed by atoms with Crippen molar-refractivity contribution in [1.29, 1.82) is 0 Å². The third-order valence-electron chi connectivity index (χ3n) is 4.58. The zero-order chi connectivity index (χ0) is 14.7. The molecule has 0 aliphatic carbocycles. The van der Waals surface area contributed by atoms with E-state index in [0.717, 1.165) is 39.1 Å². The fourth-order valence-electron chi connectivity index (χ4n) is 3.45. The van der Waals surface area contributed by atoms with Crippen molar-refractivity contribution >= 4 is 5.91 Å². The molecule has 114 valence electrons. The van der Waals surface area contributed by atoms with Gasteiger partial charge in [0.05, 0.1) is 19.1 Å². The molecule has 1 N–H and O–H groups in total. The molecule has 1 amide bonds. The average molecular weight is 288 g/mol. The number of ether oxygens (including phenoxy) is 1. The lowest BCUT2D eigenvalue weighted by Crippen LogP contribution is -2.32. The molecule has 0 spiro atoms. The molecule has 2 unspecified atom stereocenters. The molecule has 2 heterocycles. The summed E-state index contributed by atoms with van der Waals surface area (Å²) in [6, 6.07) is 8.34. The Morgan fingerprint density at radius 1 is 1.43 bits per heavy atom. The Morgan fingerprint density at radius 3 is 3.14 bits per heavy atom. The van der Waals surface area contributed by atoms with Gasteiger partial charge in [-0.25, -0.2) is 0 Å². The van der Waals surface area contributed by atoms with Crippen LogP contribution in [0.2, 0.25) is 0 Å². The highest BCUT2D eigenvalue weighted by molar-refractivity contribution is 5.77. The lowest BCUT2D eigenvalue weighted by molar-refractivity contribution is -0.133. The topological polar surface area (TPSA) is 41.6 Å². The summed E-state index contributed by atoms with van der Waals surface area (Å²) >= 11 is 0. The molecule has 1 aromatic carbocycles. The van der Waals surface area contributed by atoms with E-state index in [2.05, 4.69) is 23.5 Å². The minimum Gasteiger partial charge on any atom is -0.373 e. The van der Waals surface area contributed by atoms with Crippen LogP contribution in [-0.2, 0) is 16.0 Å². The van der Waals surface area contributed by atoms with Gasteiger partial charge < -0.3 is 15.0 Å². The van der Waals surface area contributed by atoms with Crippen molar-refractivity contribution in [2.24, 2.45) is 5.92 Å². The first-order chi connectivity index (χ1) is 10.3. The number of carbonyl (C=O) groups is 1. The average Bonchev–Trinajstić information content (AvgIpc) is 2.97. The number of likely N-dealkylation sites (tertiary alicyclic amines) is 1. The highest BCUT2D eigenvalue weighted by atomic mass is 16.5. The molecule has 0 aromatic heterocycles. The van der Waals surface area contributed by atoms with Crippen molar-refractivity contribution in [3.05, 3.63) is 35.4 Å². The second-order valence-corrected chi connectivity index (χ2v) is 6.06. The maximum atomic E-state index is 12.5. The third-order valence-corrected chi connectivity index (χ3v) is 4.58. The van der Waals surface area contributed by atoms with Gasteiger partial charge in [0.1, 0.15) is 0 Å². The van der Waals surface area contributed by atoms with E-state index < -0.39 is 0 Å². The van der Waals surface area contributed by atoms with Crippen LogP contribution in [0.25, 0.3) is 0 Å². The highest BCUT2D eigenvalue weighted by Crippen LogP contribution is 2.30. The zero-order valence-electron chi connectivity index (χ0n) is 12.7. The van der Waals surface area contributed by atoms with Gasteiger partial charge in [0.15, 0.2) is 0 Å². The molecule has 0 bridgehead atoms. The quantitative estimate of drug-likeness (QED) is 0.918. The molecule has 0 saturated carbocycles. The smallest absolute Gasteiger partial charge is 0.225 e. The van der Waals surface area contributed by atoms with E-state index in [0.29, 0.717) is 12.3 Å². The predicted octanol–water partition coefficient (Wildman–Crippen LogP) is 1.76. The van der Waals surface area contributed by atoms with Crippen molar-refractivity contribution in [2.75, 3.05) is 33.3 Å². The lowest BCUT2D eigenvalue weighted by Gasteiger charge is -2.27. The molecule has 1 aromatic rings. The summed E-state index contributed by atoms with van der Waals surface area (Å²) in [5.74, 6) is 0.828. The number of nitrogens with zero attached hydrogens (tertiary/aromatic N) is 1. The lowest BCUT2D eigenvalue weighted by atomic mass is 9.95. The van der Waals surface area contributed by atoms with Crippen LogP contribution < -0.4 is 5.32 Å². The van der Waals surface area contributed by atoms with Crippen LogP contribution in [0.3, 0.4) is 0 Å². The largest absolute Gasteiger partial charge is 0.373 e. The fourth-order valence-corrected chi connectivity index (χ4v) is 3.45. The standard InChI is InChI=1S/C17H24N2O2/c1-18-11-13-6-8-19(12-13)17(20)10-16-15-5-3-2-4-14(15)7-9-21-16/h2-5,13,16,18H,6-12H2,1H3. The first-order valence-electron chi connectivity index (χ1n) is 7.89. The Morgan fingerprint density at radius 2 is 2.29 bits per heavy atom. The van der Waals surface area contributed by atoms with Crippen molar-refractivity contribution in [2.45, 2.75) is 25.4 Å². The molecular weight excluding hydrogens is 264 g/mol. The number of hydrogen-bond donors (Lipinski definition) is 1. The molecule has 0 radical (unpaired) electrons. The molecule has 21 heavy (non-hydrogen) atoms. The normalized spacial score (nSPS) is 24.9. The second-order valence-electron chi connectivity index (χ2n) is 6.06. The Hall–Kier alpha value is -1.39. The van der Waals surface area contributed by atoms with Crippen molar-refractivity contribution in [3.8, 4) is 0 Å². The molecule has 4 nitrogen and oxygen atoms in total. The van der Waals surface area contributed by atoms with Gasteiger partial charge in [-0.05, 0) is 43.5 Å². The summed E-state index contributed by atoms with van der Waals surface area (Å²) in [7, 11) is 1.97. The van der Waals surface area contributed by atoms with E-state index in [1.807, 2.05) is 18.0 Å². The SMILES string of the molecule is CNCC1CCN(C(=O)CC2OCCc3ccccc32)C1. The van der Waals surface area contributed by atoms with E-state index in [4.69, 9.17) is 4.74 Å². The van der Waals surface area contributed by atoms with Gasteiger partial charge in [-0.3, -0.25) is 4.79 Å². The van der Waals surface area contributed by atoms with Gasteiger partial charge >= 0.3 is 0 Å². The number of amides is 1. The Kier molecular flexibility index (Phi) is 4.56. The van der Waals surface area contributed by atoms with Crippen LogP contribution in [0.4, 0.5) is 0 Å². The van der Waals surface area contributed by atoms with E-state index in [1.165, 1.54) is 11.1 Å². The number of benzene rings is 1. The summed E-state index contributed by atoms with van der Waals surface area (Å²) in [6.45, 7) is 3.48. The van der Waals surface area contributed by atoms with Gasteiger partial charge in [-0.15, -0.1) is 0 Å². The van der Waals surface area contributed by atoms with Crippen molar-refractivity contribution in [1.82, 2.24) is 10.2 Å². The first-order valence-corrected chi connectivity index (χ1v) is 7.89. The zero-order valence-corrected chi connectivity index (χ0v) is 12.7. The number of nitrogens with one attached hydrogen (secondary N) is 1. The summed E-state index contributed by atoms with van der Waals surface area (Å²) < 4.78 is 5.85. The minimum absolute atomic E-state index is 0.0641. The maximum absolute atomic E-state index is 12.5. The molecular formula is C17H24N2O2. The monoisotopic (exact) mass is 288 g/mol. The van der Waals surface area contributed by atoms with E-state index in [1.54, 1.807) is 0 Å². The second kappa shape index (κ2) is 6.58. The molecule has 2 atom stereocenters. The first kappa shape index (κ1) is 14.5. The number of hydrogen-bond acceptors (Lipinski definition) is 3. The summed E-state index contributed by atoms with van der Waals surface area (Å²) in [4.78, 5) is 14.5. The van der Waals surface area contributed by atoms with E-state index in [-0.39, 0.29) is 12.0 Å². The molecule has 3 rings (SSSR count). The van der Waals surface area contributed by atoms with Gasteiger partial charge in [0.25, 0.3) is 0 Å². The third kappa shape index (κ3) is 3.27. The van der Waals surface area contributed by atoms with Gasteiger partial charge in [-0.2, -0.15) is 0 Å². The predicted molar refractivity (Wildman–Crippen MR) is 82.1 cm³/mol. The van der Waals surface area contributed by atoms with Gasteiger partial charge in [0.2, 0.25) is 5.91 Å². The Balaban J connectivity index is 1.61. The van der Waals surface area contributed by atoms with E-state index >= 15 is 0 Å². The van der Waals surface area contributed by atoms with Crippen LogP contribution >= 0.6 is 0 Å². The van der Waals surface area contributed by atoms with Crippen molar-refractivity contribution < 1.29 is 9.53 Å². The van der Waals surface area contributed by atoms with Gasteiger partial charge in [0, 0.05) is 13.1 Å². The van der Waals surface area contributed by atoms with Crippen molar-refractivity contribution in [3.63, 3.8) is 0 Å². The molecule has 4 heteroatoms. The van der Waals surface area contributed by atoms with Crippen LogP contribution in [0.5, 0.6) is 0 Å². The maximum Gasteiger partial charge on any atom is 0.225 e. The fraction of sp³-hybridized carbons (Fsp3) is 0.588. The molecule has 1 saturated heterocycles.